The van der Waals surface area contributed by atoms with E-state index in [0.717, 1.165) is 31.8 Å². The highest BCUT2D eigenvalue weighted by Crippen LogP contribution is 2.25. The summed E-state index contributed by atoms with van der Waals surface area (Å²) in [5.41, 5.74) is 3.90. The van der Waals surface area contributed by atoms with Gasteiger partial charge in [0.1, 0.15) is 11.3 Å². The van der Waals surface area contributed by atoms with Crippen molar-refractivity contribution in [3.63, 3.8) is 0 Å². The number of aromatic nitrogens is 3. The van der Waals surface area contributed by atoms with Gasteiger partial charge in [-0.05, 0) is 53.3 Å². The minimum atomic E-state index is 0.361. The predicted molar refractivity (Wildman–Crippen MR) is 85.9 cm³/mol. The average molecular weight is 384 g/mol. The highest BCUT2D eigenvalue weighted by Gasteiger charge is 2.14. The molecule has 0 saturated carbocycles. The molecule has 5 heteroatoms. The molecule has 2 heterocycles. The summed E-state index contributed by atoms with van der Waals surface area (Å²) in [4.78, 5) is 9.08. The fourth-order valence-electron chi connectivity index (χ4n) is 2.09. The molecule has 0 fully saturated rings. The molecule has 0 saturated heterocycles. The Morgan fingerprint density at radius 3 is 2.84 bits per heavy atom. The van der Waals surface area contributed by atoms with Gasteiger partial charge in [0.25, 0.3) is 0 Å². The largest absolute Gasteiger partial charge is 0.279 e. The number of nitrogens with zero attached hydrogens (tertiary/aromatic N) is 3. The van der Waals surface area contributed by atoms with Gasteiger partial charge in [0, 0.05) is 9.77 Å². The molecular weight excluding hydrogens is 373 g/mol. The normalized spacial score (nSPS) is 11.1. The summed E-state index contributed by atoms with van der Waals surface area (Å²) in [6.45, 7) is 2.01. The average Bonchev–Trinajstić information content (AvgIpc) is 2.76. The van der Waals surface area contributed by atoms with Gasteiger partial charge in [0.15, 0.2) is 5.65 Å². The summed E-state index contributed by atoms with van der Waals surface area (Å²) in [7, 11) is 0. The minimum Gasteiger partial charge on any atom is -0.279 e. The number of rotatable bonds is 2. The van der Waals surface area contributed by atoms with Crippen molar-refractivity contribution in [1.29, 1.82) is 0 Å². The zero-order chi connectivity index (χ0) is 13.4. The molecular formula is C14H11ClIN3. The van der Waals surface area contributed by atoms with E-state index in [0.29, 0.717) is 5.88 Å². The predicted octanol–water partition coefficient (Wildman–Crippen LogP) is 4.07. The highest BCUT2D eigenvalue weighted by molar-refractivity contribution is 14.1. The second kappa shape index (κ2) is 5.09. The summed E-state index contributed by atoms with van der Waals surface area (Å²) in [5, 5.41) is 0. The molecule has 0 N–H and O–H groups in total. The molecule has 1 aromatic carbocycles. The van der Waals surface area contributed by atoms with E-state index in [-0.39, 0.29) is 0 Å². The number of alkyl halides is 1. The van der Waals surface area contributed by atoms with E-state index < -0.39 is 0 Å². The number of hydrogen-bond acceptors (Lipinski definition) is 2. The minimum absolute atomic E-state index is 0.361. The number of benzene rings is 1. The third kappa shape index (κ3) is 2.23. The SMILES string of the molecule is Cc1cnc2c(c1)nc(CCl)n2-c1ccccc1I. The summed E-state index contributed by atoms with van der Waals surface area (Å²) in [5.74, 6) is 1.18. The molecule has 0 aliphatic rings. The Morgan fingerprint density at radius 2 is 2.11 bits per heavy atom. The molecule has 19 heavy (non-hydrogen) atoms. The first-order valence-corrected chi connectivity index (χ1v) is 7.47. The summed E-state index contributed by atoms with van der Waals surface area (Å²) >= 11 is 8.35. The first-order valence-electron chi connectivity index (χ1n) is 5.85. The molecule has 0 aliphatic heterocycles. The van der Waals surface area contributed by atoms with Crippen molar-refractivity contribution in [2.75, 3.05) is 0 Å². The Hall–Kier alpha value is -1.14. The molecule has 2 aromatic heterocycles. The van der Waals surface area contributed by atoms with E-state index in [1.807, 2.05) is 35.9 Å². The van der Waals surface area contributed by atoms with Gasteiger partial charge in [-0.15, -0.1) is 11.6 Å². The number of imidazole rings is 1. The van der Waals surface area contributed by atoms with Crippen LogP contribution in [0.25, 0.3) is 16.9 Å². The lowest BCUT2D eigenvalue weighted by Gasteiger charge is -2.09. The standard InChI is InChI=1S/C14H11ClIN3/c1-9-6-11-14(17-8-9)19(13(7-15)18-11)12-5-3-2-4-10(12)16/h2-6,8H,7H2,1H3. The molecule has 3 nitrogen and oxygen atoms in total. The maximum atomic E-state index is 6.03. The van der Waals surface area contributed by atoms with E-state index >= 15 is 0 Å². The van der Waals surface area contributed by atoms with E-state index in [1.54, 1.807) is 0 Å². The number of fused-ring (bicyclic) bond motifs is 1. The van der Waals surface area contributed by atoms with Gasteiger partial charge in [0.2, 0.25) is 0 Å². The molecule has 3 aromatic rings. The molecule has 0 atom stereocenters. The van der Waals surface area contributed by atoms with Gasteiger partial charge in [-0.1, -0.05) is 12.1 Å². The van der Waals surface area contributed by atoms with Gasteiger partial charge in [-0.2, -0.15) is 0 Å². The highest BCUT2D eigenvalue weighted by atomic mass is 127. The maximum Gasteiger partial charge on any atom is 0.164 e. The van der Waals surface area contributed by atoms with Gasteiger partial charge in [0.05, 0.1) is 11.6 Å². The van der Waals surface area contributed by atoms with Crippen LogP contribution >= 0.6 is 34.2 Å². The lowest BCUT2D eigenvalue weighted by atomic mass is 10.3. The molecule has 3 rings (SSSR count). The van der Waals surface area contributed by atoms with Crippen molar-refractivity contribution in [1.82, 2.24) is 14.5 Å². The summed E-state index contributed by atoms with van der Waals surface area (Å²) in [6.07, 6.45) is 1.86. The summed E-state index contributed by atoms with van der Waals surface area (Å²) < 4.78 is 3.18. The Morgan fingerprint density at radius 1 is 1.32 bits per heavy atom. The van der Waals surface area contributed by atoms with Crippen LogP contribution in [-0.2, 0) is 5.88 Å². The van der Waals surface area contributed by atoms with Gasteiger partial charge < -0.3 is 0 Å². The fraction of sp³-hybridized carbons (Fsp3) is 0.143. The van der Waals surface area contributed by atoms with Crippen molar-refractivity contribution in [2.45, 2.75) is 12.8 Å². The van der Waals surface area contributed by atoms with Crippen LogP contribution in [0.1, 0.15) is 11.4 Å². The third-order valence-corrected chi connectivity index (χ3v) is 4.07. The number of aryl methyl sites for hydroxylation is 1. The number of hydrogen-bond donors (Lipinski definition) is 0. The van der Waals surface area contributed by atoms with Crippen molar-refractivity contribution in [2.24, 2.45) is 0 Å². The first kappa shape index (κ1) is 12.9. The van der Waals surface area contributed by atoms with Crippen molar-refractivity contribution < 1.29 is 0 Å². The van der Waals surface area contributed by atoms with Crippen LogP contribution in [0.15, 0.2) is 36.5 Å². The fourth-order valence-corrected chi connectivity index (χ4v) is 2.90. The first-order chi connectivity index (χ1) is 9.20. The molecule has 0 amide bonds. The lowest BCUT2D eigenvalue weighted by molar-refractivity contribution is 0.964. The van der Waals surface area contributed by atoms with E-state index in [1.165, 1.54) is 0 Å². The van der Waals surface area contributed by atoms with Crippen LogP contribution in [0.5, 0.6) is 0 Å². The van der Waals surface area contributed by atoms with Crippen LogP contribution in [-0.4, -0.2) is 14.5 Å². The maximum absolute atomic E-state index is 6.03. The van der Waals surface area contributed by atoms with Crippen molar-refractivity contribution in [3.05, 3.63) is 51.5 Å². The van der Waals surface area contributed by atoms with Gasteiger partial charge in [-0.25, -0.2) is 9.97 Å². The number of para-hydroxylation sites is 1. The molecule has 0 bridgehead atoms. The molecule has 0 radical (unpaired) electrons. The Balaban J connectivity index is 2.36. The van der Waals surface area contributed by atoms with Gasteiger partial charge in [-0.3, -0.25) is 4.57 Å². The van der Waals surface area contributed by atoms with Crippen LogP contribution in [0, 0.1) is 10.5 Å². The zero-order valence-electron chi connectivity index (χ0n) is 10.3. The Kier molecular flexibility index (Phi) is 3.45. The second-order valence-electron chi connectivity index (χ2n) is 4.30. The zero-order valence-corrected chi connectivity index (χ0v) is 13.2. The van der Waals surface area contributed by atoms with Crippen LogP contribution in [0.4, 0.5) is 0 Å². The lowest BCUT2D eigenvalue weighted by Crippen LogP contribution is -2.02. The molecule has 0 spiro atoms. The third-order valence-electron chi connectivity index (χ3n) is 2.92. The summed E-state index contributed by atoms with van der Waals surface area (Å²) in [6, 6.07) is 10.2. The topological polar surface area (TPSA) is 30.7 Å². The molecule has 0 unspecified atom stereocenters. The van der Waals surface area contributed by atoms with Crippen LogP contribution in [0.3, 0.4) is 0 Å². The number of pyridine rings is 1. The van der Waals surface area contributed by atoms with Crippen LogP contribution < -0.4 is 0 Å². The second-order valence-corrected chi connectivity index (χ2v) is 5.73. The quantitative estimate of drug-likeness (QED) is 0.493. The Labute approximate surface area is 129 Å². The van der Waals surface area contributed by atoms with E-state index in [2.05, 4.69) is 44.7 Å². The van der Waals surface area contributed by atoms with Gasteiger partial charge >= 0.3 is 0 Å². The van der Waals surface area contributed by atoms with Crippen molar-refractivity contribution in [3.8, 4) is 5.69 Å². The smallest absolute Gasteiger partial charge is 0.164 e. The Bertz CT molecular complexity index is 752. The monoisotopic (exact) mass is 383 g/mol. The molecule has 96 valence electrons. The van der Waals surface area contributed by atoms with Crippen molar-refractivity contribution >= 4 is 45.4 Å². The van der Waals surface area contributed by atoms with E-state index in [9.17, 15) is 0 Å². The number of halogens is 2. The molecule has 0 aliphatic carbocycles. The van der Waals surface area contributed by atoms with E-state index in [4.69, 9.17) is 11.6 Å². The van der Waals surface area contributed by atoms with Crippen LogP contribution in [0.2, 0.25) is 0 Å².